The lowest BCUT2D eigenvalue weighted by Gasteiger charge is -2.03. The highest BCUT2D eigenvalue weighted by molar-refractivity contribution is 5.08. The van der Waals surface area contributed by atoms with Gasteiger partial charge in [-0.2, -0.15) is 0 Å². The summed E-state index contributed by atoms with van der Waals surface area (Å²) in [6.45, 7) is 5.76. The summed E-state index contributed by atoms with van der Waals surface area (Å²) in [7, 11) is 0. The molecule has 0 bridgehead atoms. The fourth-order valence-corrected chi connectivity index (χ4v) is 1.45. The van der Waals surface area contributed by atoms with Crippen LogP contribution in [0.2, 0.25) is 0 Å². The van der Waals surface area contributed by atoms with Crippen LogP contribution >= 0.6 is 0 Å². The summed E-state index contributed by atoms with van der Waals surface area (Å²) in [5.41, 5.74) is 1.30. The van der Waals surface area contributed by atoms with Gasteiger partial charge in [0, 0.05) is 18.9 Å². The van der Waals surface area contributed by atoms with E-state index in [1.54, 1.807) is 0 Å². The quantitative estimate of drug-likeness (QED) is 0.520. The van der Waals surface area contributed by atoms with E-state index < -0.39 is 0 Å². The number of unbranched alkanes of at least 4 members (excludes halogenated alkanes) is 3. The van der Waals surface area contributed by atoms with Crippen molar-refractivity contribution in [1.82, 2.24) is 10.3 Å². The van der Waals surface area contributed by atoms with Crippen LogP contribution in [0.5, 0.6) is 0 Å². The first-order chi connectivity index (χ1) is 7.43. The van der Waals surface area contributed by atoms with Gasteiger partial charge in [-0.15, -0.1) is 6.58 Å². The molecule has 0 saturated heterocycles. The lowest BCUT2D eigenvalue weighted by molar-refractivity contribution is 0.606. The molecular formula is C13H20N2. The maximum absolute atomic E-state index is 3.99. The Morgan fingerprint density at radius 1 is 1.20 bits per heavy atom. The Morgan fingerprint density at radius 3 is 2.73 bits per heavy atom. The van der Waals surface area contributed by atoms with E-state index >= 15 is 0 Å². The maximum atomic E-state index is 3.99. The Bertz CT molecular complexity index is 256. The van der Waals surface area contributed by atoms with Gasteiger partial charge in [0.1, 0.15) is 0 Å². The molecule has 1 heterocycles. The topological polar surface area (TPSA) is 24.9 Å². The smallest absolute Gasteiger partial charge is 0.0271 e. The first-order valence-corrected chi connectivity index (χ1v) is 5.64. The van der Waals surface area contributed by atoms with Crippen molar-refractivity contribution in [2.24, 2.45) is 0 Å². The second-order valence-electron chi connectivity index (χ2n) is 3.67. The molecule has 15 heavy (non-hydrogen) atoms. The minimum Gasteiger partial charge on any atom is -0.313 e. The summed E-state index contributed by atoms with van der Waals surface area (Å²) >= 11 is 0. The Hall–Kier alpha value is -1.15. The molecule has 0 spiro atoms. The number of hydrogen-bond acceptors (Lipinski definition) is 2. The molecule has 0 saturated carbocycles. The molecule has 1 rings (SSSR count). The predicted molar refractivity (Wildman–Crippen MR) is 64.6 cm³/mol. The van der Waals surface area contributed by atoms with Crippen molar-refractivity contribution in [2.45, 2.75) is 32.2 Å². The van der Waals surface area contributed by atoms with Gasteiger partial charge in [-0.1, -0.05) is 12.5 Å². The van der Waals surface area contributed by atoms with Crippen molar-refractivity contribution in [1.29, 1.82) is 0 Å². The van der Waals surface area contributed by atoms with Crippen LogP contribution < -0.4 is 5.32 Å². The van der Waals surface area contributed by atoms with E-state index in [9.17, 15) is 0 Å². The summed E-state index contributed by atoms with van der Waals surface area (Å²) < 4.78 is 0. The zero-order chi connectivity index (χ0) is 10.8. The summed E-state index contributed by atoms with van der Waals surface area (Å²) in [6.07, 6.45) is 10.6. The molecule has 0 unspecified atom stereocenters. The molecule has 0 fully saturated rings. The van der Waals surface area contributed by atoms with E-state index in [-0.39, 0.29) is 0 Å². The highest BCUT2D eigenvalue weighted by Crippen LogP contribution is 1.99. The maximum Gasteiger partial charge on any atom is 0.0271 e. The molecule has 1 aromatic heterocycles. The van der Waals surface area contributed by atoms with Crippen molar-refractivity contribution in [3.8, 4) is 0 Å². The molecule has 0 aromatic carbocycles. The van der Waals surface area contributed by atoms with E-state index in [1.165, 1.54) is 24.8 Å². The van der Waals surface area contributed by atoms with Crippen LogP contribution in [-0.4, -0.2) is 11.5 Å². The van der Waals surface area contributed by atoms with Crippen molar-refractivity contribution >= 4 is 0 Å². The Morgan fingerprint density at radius 2 is 2.00 bits per heavy atom. The van der Waals surface area contributed by atoms with Crippen LogP contribution in [0.4, 0.5) is 0 Å². The molecule has 1 N–H and O–H groups in total. The summed E-state index contributed by atoms with van der Waals surface area (Å²) in [5, 5.41) is 3.42. The number of nitrogens with one attached hydrogen (secondary N) is 1. The molecule has 0 radical (unpaired) electrons. The molecule has 2 nitrogen and oxygen atoms in total. The second kappa shape index (κ2) is 8.18. The molecule has 1 aromatic rings. The first kappa shape index (κ1) is 11.9. The summed E-state index contributed by atoms with van der Waals surface area (Å²) in [6, 6.07) is 4.09. The van der Waals surface area contributed by atoms with Crippen molar-refractivity contribution in [3.63, 3.8) is 0 Å². The largest absolute Gasteiger partial charge is 0.313 e. The van der Waals surface area contributed by atoms with Crippen LogP contribution in [0.3, 0.4) is 0 Å². The monoisotopic (exact) mass is 204 g/mol. The SMILES string of the molecule is C=CCCCCCNCc1ccncc1. The molecule has 0 amide bonds. The van der Waals surface area contributed by atoms with Crippen molar-refractivity contribution in [3.05, 3.63) is 42.7 Å². The number of aromatic nitrogens is 1. The lowest BCUT2D eigenvalue weighted by Crippen LogP contribution is -2.14. The molecule has 82 valence electrons. The van der Waals surface area contributed by atoms with Crippen molar-refractivity contribution < 1.29 is 0 Å². The Labute approximate surface area is 92.4 Å². The van der Waals surface area contributed by atoms with Gasteiger partial charge in [-0.05, 0) is 43.5 Å². The fourth-order valence-electron chi connectivity index (χ4n) is 1.45. The van der Waals surface area contributed by atoms with Crippen LogP contribution in [0.25, 0.3) is 0 Å². The third-order valence-corrected chi connectivity index (χ3v) is 2.34. The molecule has 0 aliphatic carbocycles. The predicted octanol–water partition coefficient (Wildman–Crippen LogP) is 2.92. The van der Waals surface area contributed by atoms with Gasteiger partial charge < -0.3 is 5.32 Å². The number of pyridine rings is 1. The fraction of sp³-hybridized carbons (Fsp3) is 0.462. The number of allylic oxidation sites excluding steroid dienone is 1. The van der Waals surface area contributed by atoms with Crippen LogP contribution in [0.1, 0.15) is 31.2 Å². The first-order valence-electron chi connectivity index (χ1n) is 5.64. The van der Waals surface area contributed by atoms with Crippen molar-refractivity contribution in [2.75, 3.05) is 6.54 Å². The minimum absolute atomic E-state index is 0.948. The van der Waals surface area contributed by atoms with Gasteiger partial charge in [0.15, 0.2) is 0 Å². The second-order valence-corrected chi connectivity index (χ2v) is 3.67. The minimum atomic E-state index is 0.948. The zero-order valence-corrected chi connectivity index (χ0v) is 9.28. The van der Waals surface area contributed by atoms with E-state index in [4.69, 9.17) is 0 Å². The number of rotatable bonds is 8. The van der Waals surface area contributed by atoms with Gasteiger partial charge >= 0.3 is 0 Å². The Kier molecular flexibility index (Phi) is 6.50. The van der Waals surface area contributed by atoms with Gasteiger partial charge in [0.05, 0.1) is 0 Å². The van der Waals surface area contributed by atoms with Crippen LogP contribution in [0.15, 0.2) is 37.2 Å². The van der Waals surface area contributed by atoms with Crippen LogP contribution in [0, 0.1) is 0 Å². The number of nitrogens with zero attached hydrogens (tertiary/aromatic N) is 1. The highest BCUT2D eigenvalue weighted by Gasteiger charge is 1.91. The summed E-state index contributed by atoms with van der Waals surface area (Å²) in [5.74, 6) is 0. The Balaban J connectivity index is 1.95. The third-order valence-electron chi connectivity index (χ3n) is 2.34. The van der Waals surface area contributed by atoms with E-state index in [2.05, 4.69) is 16.9 Å². The molecular weight excluding hydrogens is 184 g/mol. The van der Waals surface area contributed by atoms with E-state index in [0.717, 1.165) is 19.5 Å². The molecule has 2 heteroatoms. The van der Waals surface area contributed by atoms with E-state index in [0.29, 0.717) is 0 Å². The van der Waals surface area contributed by atoms with Gasteiger partial charge in [-0.3, -0.25) is 4.98 Å². The molecule has 0 atom stereocenters. The highest BCUT2D eigenvalue weighted by atomic mass is 14.8. The number of hydrogen-bond donors (Lipinski definition) is 1. The average Bonchev–Trinajstić information content (AvgIpc) is 2.29. The van der Waals surface area contributed by atoms with Crippen LogP contribution in [-0.2, 0) is 6.54 Å². The third kappa shape index (κ3) is 6.02. The van der Waals surface area contributed by atoms with E-state index in [1.807, 2.05) is 30.6 Å². The standard InChI is InChI=1S/C13H20N2/c1-2-3-4-5-6-9-15-12-13-7-10-14-11-8-13/h2,7-8,10-11,15H,1,3-6,9,12H2. The summed E-state index contributed by atoms with van der Waals surface area (Å²) in [4.78, 5) is 3.99. The zero-order valence-electron chi connectivity index (χ0n) is 9.28. The van der Waals surface area contributed by atoms with Gasteiger partial charge in [0.2, 0.25) is 0 Å². The molecule has 0 aliphatic rings. The molecule has 0 aliphatic heterocycles. The van der Waals surface area contributed by atoms with Gasteiger partial charge in [0.25, 0.3) is 0 Å². The normalized spacial score (nSPS) is 10.1. The lowest BCUT2D eigenvalue weighted by atomic mass is 10.2. The van der Waals surface area contributed by atoms with Gasteiger partial charge in [-0.25, -0.2) is 0 Å². The average molecular weight is 204 g/mol.